The number of aromatic nitrogens is 1. The number of aliphatic hydroxyl groups excluding tert-OH is 1. The number of pyridine rings is 1. The minimum atomic E-state index is -0.377. The van der Waals surface area contributed by atoms with E-state index >= 15 is 0 Å². The maximum atomic E-state index is 9.72. The first-order chi connectivity index (χ1) is 6.24. The average molecular weight is 197 g/mol. The Hall–Kier alpha value is -0.540. The first kappa shape index (κ1) is 10.5. The molecule has 0 spiro atoms. The predicted molar refractivity (Wildman–Crippen MR) is 56.9 cm³/mol. The standard InChI is InChI=1S/C10H15NOS/c1-3-13-7-10(12)9-4-8(2)5-11-6-9/h4-6,10,12H,3,7H2,1-2H3. The average Bonchev–Trinajstić information content (AvgIpc) is 2.14. The van der Waals surface area contributed by atoms with Crippen LogP contribution in [0.1, 0.15) is 24.2 Å². The summed E-state index contributed by atoms with van der Waals surface area (Å²) in [5.74, 6) is 1.79. The van der Waals surface area contributed by atoms with Gasteiger partial charge in [0.05, 0.1) is 6.10 Å². The monoisotopic (exact) mass is 197 g/mol. The Morgan fingerprint density at radius 3 is 2.92 bits per heavy atom. The highest BCUT2D eigenvalue weighted by Gasteiger charge is 2.06. The molecule has 0 saturated heterocycles. The molecule has 0 amide bonds. The van der Waals surface area contributed by atoms with E-state index in [0.29, 0.717) is 0 Å². The Labute approximate surface area is 83.4 Å². The molecular weight excluding hydrogens is 182 g/mol. The summed E-state index contributed by atoms with van der Waals surface area (Å²) in [6.07, 6.45) is 3.15. The van der Waals surface area contributed by atoms with Crippen LogP contribution in [0.5, 0.6) is 0 Å². The van der Waals surface area contributed by atoms with Crippen molar-refractivity contribution in [1.82, 2.24) is 4.98 Å². The molecule has 1 N–H and O–H groups in total. The Morgan fingerprint density at radius 2 is 2.31 bits per heavy atom. The van der Waals surface area contributed by atoms with Crippen molar-refractivity contribution in [2.24, 2.45) is 0 Å². The van der Waals surface area contributed by atoms with Crippen LogP contribution in [0, 0.1) is 6.92 Å². The van der Waals surface area contributed by atoms with Crippen LogP contribution in [0.4, 0.5) is 0 Å². The Bertz CT molecular complexity index is 265. The van der Waals surface area contributed by atoms with Gasteiger partial charge in [-0.25, -0.2) is 0 Å². The van der Waals surface area contributed by atoms with Crippen LogP contribution < -0.4 is 0 Å². The van der Waals surface area contributed by atoms with Gasteiger partial charge in [-0.3, -0.25) is 4.98 Å². The van der Waals surface area contributed by atoms with Gasteiger partial charge in [0.25, 0.3) is 0 Å². The van der Waals surface area contributed by atoms with E-state index in [1.54, 1.807) is 24.2 Å². The number of rotatable bonds is 4. The van der Waals surface area contributed by atoms with E-state index in [-0.39, 0.29) is 6.10 Å². The van der Waals surface area contributed by atoms with E-state index < -0.39 is 0 Å². The van der Waals surface area contributed by atoms with E-state index in [0.717, 1.165) is 22.6 Å². The molecule has 0 aliphatic rings. The quantitative estimate of drug-likeness (QED) is 0.803. The molecule has 3 heteroatoms. The topological polar surface area (TPSA) is 33.1 Å². The first-order valence-electron chi connectivity index (χ1n) is 4.41. The molecule has 1 rings (SSSR count). The second-order valence-electron chi connectivity index (χ2n) is 2.97. The summed E-state index contributed by atoms with van der Waals surface area (Å²) in [7, 11) is 0. The lowest BCUT2D eigenvalue weighted by molar-refractivity contribution is 0.203. The van der Waals surface area contributed by atoms with E-state index in [9.17, 15) is 5.11 Å². The van der Waals surface area contributed by atoms with Gasteiger partial charge >= 0.3 is 0 Å². The van der Waals surface area contributed by atoms with Crippen molar-refractivity contribution in [2.75, 3.05) is 11.5 Å². The van der Waals surface area contributed by atoms with Crippen molar-refractivity contribution in [3.05, 3.63) is 29.6 Å². The highest BCUT2D eigenvalue weighted by Crippen LogP contribution is 2.17. The van der Waals surface area contributed by atoms with Gasteiger partial charge in [0.1, 0.15) is 0 Å². The Morgan fingerprint density at radius 1 is 1.54 bits per heavy atom. The number of aryl methyl sites for hydroxylation is 1. The molecule has 0 saturated carbocycles. The second kappa shape index (κ2) is 5.25. The van der Waals surface area contributed by atoms with Crippen molar-refractivity contribution < 1.29 is 5.11 Å². The van der Waals surface area contributed by atoms with E-state index in [1.807, 2.05) is 13.0 Å². The number of nitrogens with zero attached hydrogens (tertiary/aromatic N) is 1. The third kappa shape index (κ3) is 3.36. The van der Waals surface area contributed by atoms with Crippen molar-refractivity contribution in [3.63, 3.8) is 0 Å². The molecule has 72 valence electrons. The zero-order chi connectivity index (χ0) is 9.68. The van der Waals surface area contributed by atoms with Gasteiger partial charge in [-0.1, -0.05) is 13.0 Å². The molecule has 0 aliphatic heterocycles. The highest BCUT2D eigenvalue weighted by atomic mass is 32.2. The second-order valence-corrected chi connectivity index (χ2v) is 4.29. The lowest BCUT2D eigenvalue weighted by Gasteiger charge is -2.09. The van der Waals surface area contributed by atoms with Gasteiger partial charge in [0.2, 0.25) is 0 Å². The minimum absolute atomic E-state index is 0.377. The molecule has 0 bridgehead atoms. The van der Waals surface area contributed by atoms with Gasteiger partial charge in [-0.2, -0.15) is 11.8 Å². The molecule has 13 heavy (non-hydrogen) atoms. The molecule has 0 aliphatic carbocycles. The number of hydrogen-bond acceptors (Lipinski definition) is 3. The van der Waals surface area contributed by atoms with Crippen LogP contribution >= 0.6 is 11.8 Å². The van der Waals surface area contributed by atoms with Crippen LogP contribution in [0.15, 0.2) is 18.5 Å². The minimum Gasteiger partial charge on any atom is -0.387 e. The summed E-state index contributed by atoms with van der Waals surface area (Å²) in [4.78, 5) is 4.04. The lowest BCUT2D eigenvalue weighted by atomic mass is 10.1. The van der Waals surface area contributed by atoms with Gasteiger partial charge in [0, 0.05) is 18.1 Å². The SMILES string of the molecule is CCSCC(O)c1cncc(C)c1. The van der Waals surface area contributed by atoms with Gasteiger partial charge in [-0.05, 0) is 23.8 Å². The molecule has 1 heterocycles. The predicted octanol–water partition coefficient (Wildman–Crippen LogP) is 2.18. The Balaban J connectivity index is 2.60. The van der Waals surface area contributed by atoms with Gasteiger partial charge < -0.3 is 5.11 Å². The summed E-state index contributed by atoms with van der Waals surface area (Å²) in [5, 5.41) is 9.72. The van der Waals surface area contributed by atoms with E-state index in [1.165, 1.54) is 0 Å². The van der Waals surface area contributed by atoms with Crippen LogP contribution in [0.2, 0.25) is 0 Å². The Kier molecular flexibility index (Phi) is 4.25. The molecule has 1 atom stereocenters. The molecule has 2 nitrogen and oxygen atoms in total. The zero-order valence-electron chi connectivity index (χ0n) is 8.03. The lowest BCUT2D eigenvalue weighted by Crippen LogP contribution is -2.01. The van der Waals surface area contributed by atoms with Crippen LogP contribution in [-0.4, -0.2) is 21.6 Å². The third-order valence-corrected chi connectivity index (χ3v) is 2.72. The number of thioether (sulfide) groups is 1. The van der Waals surface area contributed by atoms with Crippen LogP contribution in [0.3, 0.4) is 0 Å². The molecule has 0 aromatic carbocycles. The number of hydrogen-bond donors (Lipinski definition) is 1. The fourth-order valence-electron chi connectivity index (χ4n) is 1.09. The molecule has 1 aromatic rings. The van der Waals surface area contributed by atoms with Gasteiger partial charge in [-0.15, -0.1) is 0 Å². The fraction of sp³-hybridized carbons (Fsp3) is 0.500. The van der Waals surface area contributed by atoms with Crippen molar-refractivity contribution in [3.8, 4) is 0 Å². The van der Waals surface area contributed by atoms with Crippen molar-refractivity contribution in [1.29, 1.82) is 0 Å². The third-order valence-electron chi connectivity index (χ3n) is 1.76. The smallest absolute Gasteiger partial charge is 0.0895 e. The zero-order valence-corrected chi connectivity index (χ0v) is 8.84. The first-order valence-corrected chi connectivity index (χ1v) is 5.57. The number of aliphatic hydroxyl groups is 1. The van der Waals surface area contributed by atoms with E-state index in [4.69, 9.17) is 0 Å². The normalized spacial score (nSPS) is 12.8. The molecule has 0 radical (unpaired) electrons. The van der Waals surface area contributed by atoms with Crippen molar-refractivity contribution >= 4 is 11.8 Å². The summed E-state index contributed by atoms with van der Waals surface area (Å²) >= 11 is 1.74. The summed E-state index contributed by atoms with van der Waals surface area (Å²) < 4.78 is 0. The van der Waals surface area contributed by atoms with E-state index in [2.05, 4.69) is 11.9 Å². The van der Waals surface area contributed by atoms with Gasteiger partial charge in [0.15, 0.2) is 0 Å². The molecule has 0 fully saturated rings. The summed E-state index contributed by atoms with van der Waals surface area (Å²) in [6.45, 7) is 4.07. The highest BCUT2D eigenvalue weighted by molar-refractivity contribution is 7.99. The fourth-order valence-corrected chi connectivity index (χ4v) is 1.74. The van der Waals surface area contributed by atoms with Crippen LogP contribution in [-0.2, 0) is 0 Å². The molecule has 1 aromatic heterocycles. The van der Waals surface area contributed by atoms with Crippen molar-refractivity contribution in [2.45, 2.75) is 20.0 Å². The maximum Gasteiger partial charge on any atom is 0.0895 e. The maximum absolute atomic E-state index is 9.72. The van der Waals surface area contributed by atoms with Crippen LogP contribution in [0.25, 0.3) is 0 Å². The summed E-state index contributed by atoms with van der Waals surface area (Å²) in [6, 6.07) is 1.98. The summed E-state index contributed by atoms with van der Waals surface area (Å²) in [5.41, 5.74) is 2.01. The largest absolute Gasteiger partial charge is 0.387 e. The molecular formula is C10H15NOS. The molecule has 1 unspecified atom stereocenters.